The van der Waals surface area contributed by atoms with Gasteiger partial charge in [0.05, 0.1) is 6.07 Å². The van der Waals surface area contributed by atoms with Crippen molar-refractivity contribution in [2.75, 3.05) is 0 Å². The highest BCUT2D eigenvalue weighted by Crippen LogP contribution is 2.26. The summed E-state index contributed by atoms with van der Waals surface area (Å²) in [6.07, 6.45) is 0. The Kier molecular flexibility index (Phi) is 3.09. The van der Waals surface area contributed by atoms with Crippen LogP contribution in [0.2, 0.25) is 5.15 Å². The summed E-state index contributed by atoms with van der Waals surface area (Å²) in [5, 5.41) is 13.8. The summed E-state index contributed by atoms with van der Waals surface area (Å²) >= 11 is 5.70. The van der Waals surface area contributed by atoms with E-state index in [9.17, 15) is 10.1 Å². The molecule has 90 valence electrons. The molecule has 0 radical (unpaired) electrons. The van der Waals surface area contributed by atoms with Crippen LogP contribution in [0.5, 0.6) is 0 Å². The molecule has 0 bridgehead atoms. The Morgan fingerprint density at radius 1 is 1.50 bits per heavy atom. The number of nitro groups is 1. The van der Waals surface area contributed by atoms with Crippen molar-refractivity contribution in [2.45, 2.75) is 0 Å². The van der Waals surface area contributed by atoms with Crippen LogP contribution in [0.1, 0.15) is 0 Å². The fourth-order valence-electron chi connectivity index (χ4n) is 1.16. The second kappa shape index (κ2) is 4.70. The lowest BCUT2D eigenvalue weighted by atomic mass is 10.4. The summed E-state index contributed by atoms with van der Waals surface area (Å²) in [4.78, 5) is 20.0. The predicted octanol–water partition coefficient (Wildman–Crippen LogP) is 3.24. The number of hydrogen-bond acceptors (Lipinski definition) is 6. The van der Waals surface area contributed by atoms with Crippen molar-refractivity contribution in [3.05, 3.63) is 43.9 Å². The Morgan fingerprint density at radius 2 is 2.28 bits per heavy atom. The lowest BCUT2D eigenvalue weighted by Crippen LogP contribution is -1.88. The molecule has 0 N–H and O–H groups in total. The average Bonchev–Trinajstić information content (AvgIpc) is 2.78. The maximum absolute atomic E-state index is 10.5. The first-order chi connectivity index (χ1) is 8.60. The molecule has 2 aromatic rings. The molecule has 0 spiro atoms. The molecule has 2 aromatic heterocycles. The number of nitrogens with zero attached hydrogens (tertiary/aromatic N) is 6. The zero-order valence-electron chi connectivity index (χ0n) is 8.52. The summed E-state index contributed by atoms with van der Waals surface area (Å²) in [6.45, 7) is 0. The van der Waals surface area contributed by atoms with Crippen molar-refractivity contribution in [1.29, 1.82) is 0 Å². The maximum Gasteiger partial charge on any atom is 0.433 e. The molecular formula is C8H3ClN6O3. The van der Waals surface area contributed by atoms with Crippen LogP contribution < -0.4 is 0 Å². The molecule has 0 amide bonds. The lowest BCUT2D eigenvalue weighted by Gasteiger charge is -1.97. The fourth-order valence-corrected chi connectivity index (χ4v) is 1.34. The Hall–Kier alpha value is -2.64. The van der Waals surface area contributed by atoms with E-state index in [4.69, 9.17) is 21.5 Å². The van der Waals surface area contributed by atoms with Crippen molar-refractivity contribution in [1.82, 2.24) is 9.97 Å². The van der Waals surface area contributed by atoms with Gasteiger partial charge in [0.2, 0.25) is 0 Å². The number of aromatic nitrogens is 2. The second-order valence-corrected chi connectivity index (χ2v) is 3.34. The molecule has 18 heavy (non-hydrogen) atoms. The predicted molar refractivity (Wildman–Crippen MR) is 60.2 cm³/mol. The number of rotatable bonds is 3. The van der Waals surface area contributed by atoms with Gasteiger partial charge >= 0.3 is 5.88 Å². The largest absolute Gasteiger partial charge is 0.433 e. The van der Waals surface area contributed by atoms with Gasteiger partial charge in [-0.05, 0) is 16.7 Å². The molecule has 9 nitrogen and oxygen atoms in total. The highest BCUT2D eigenvalue weighted by molar-refractivity contribution is 6.29. The molecule has 0 aliphatic rings. The summed E-state index contributed by atoms with van der Waals surface area (Å²) in [5.41, 5.74) is 8.29. The van der Waals surface area contributed by atoms with E-state index in [1.54, 1.807) is 0 Å². The number of hydrogen-bond donors (Lipinski definition) is 0. The number of azide groups is 1. The standard InChI is InChI=1S/C8H3ClN6O3/c9-5-3-6(13-14-10)12-8(11-5)4-1-2-7(18-4)15(16)17/h1-3H. The molecule has 0 atom stereocenters. The van der Waals surface area contributed by atoms with Crippen LogP contribution in [0, 0.1) is 10.1 Å². The molecule has 0 aliphatic carbocycles. The van der Waals surface area contributed by atoms with Crippen molar-refractivity contribution in [3.63, 3.8) is 0 Å². The molecular weight excluding hydrogens is 264 g/mol. The topological polar surface area (TPSA) is 131 Å². The van der Waals surface area contributed by atoms with E-state index >= 15 is 0 Å². The van der Waals surface area contributed by atoms with Gasteiger partial charge in [-0.15, -0.1) is 0 Å². The first-order valence-electron chi connectivity index (χ1n) is 4.44. The average molecular weight is 267 g/mol. The van der Waals surface area contributed by atoms with Gasteiger partial charge in [0.15, 0.2) is 11.6 Å². The lowest BCUT2D eigenvalue weighted by molar-refractivity contribution is -0.401. The Balaban J connectivity index is 2.49. The zero-order chi connectivity index (χ0) is 13.1. The molecule has 2 rings (SSSR count). The van der Waals surface area contributed by atoms with Crippen LogP contribution in [-0.2, 0) is 0 Å². The van der Waals surface area contributed by atoms with E-state index in [1.165, 1.54) is 12.1 Å². The minimum atomic E-state index is -0.692. The van der Waals surface area contributed by atoms with Crippen molar-refractivity contribution >= 4 is 23.3 Å². The van der Waals surface area contributed by atoms with Gasteiger partial charge in [0, 0.05) is 11.0 Å². The Labute approximate surface area is 104 Å². The van der Waals surface area contributed by atoms with Crippen LogP contribution in [0.3, 0.4) is 0 Å². The smallest absolute Gasteiger partial charge is 0.397 e. The van der Waals surface area contributed by atoms with E-state index in [2.05, 4.69) is 20.0 Å². The van der Waals surface area contributed by atoms with Crippen LogP contribution in [0.4, 0.5) is 11.7 Å². The van der Waals surface area contributed by atoms with E-state index in [0.717, 1.165) is 6.07 Å². The van der Waals surface area contributed by atoms with Gasteiger partial charge < -0.3 is 4.42 Å². The minimum Gasteiger partial charge on any atom is -0.397 e. The van der Waals surface area contributed by atoms with Gasteiger partial charge in [0.1, 0.15) is 15.9 Å². The summed E-state index contributed by atoms with van der Waals surface area (Å²) in [6, 6.07) is 3.73. The molecule has 0 aliphatic heterocycles. The van der Waals surface area contributed by atoms with Gasteiger partial charge in [0.25, 0.3) is 0 Å². The fraction of sp³-hybridized carbons (Fsp3) is 0. The van der Waals surface area contributed by atoms with E-state index in [0.29, 0.717) is 0 Å². The van der Waals surface area contributed by atoms with Gasteiger partial charge in [-0.25, -0.2) is 9.97 Å². The third-order valence-electron chi connectivity index (χ3n) is 1.82. The Bertz CT molecular complexity index is 663. The van der Waals surface area contributed by atoms with Crippen LogP contribution in [-0.4, -0.2) is 14.9 Å². The Morgan fingerprint density at radius 3 is 2.89 bits per heavy atom. The van der Waals surface area contributed by atoms with Gasteiger partial charge in [-0.2, -0.15) is 0 Å². The van der Waals surface area contributed by atoms with E-state index < -0.39 is 10.8 Å². The van der Waals surface area contributed by atoms with Crippen LogP contribution >= 0.6 is 11.6 Å². The summed E-state index contributed by atoms with van der Waals surface area (Å²) in [5.74, 6) is -0.401. The SMILES string of the molecule is [N-]=[N+]=Nc1cc(Cl)nc(-c2ccc([N+](=O)[O-])o2)n1. The molecule has 2 heterocycles. The van der Waals surface area contributed by atoms with Crippen molar-refractivity contribution in [2.24, 2.45) is 5.11 Å². The van der Waals surface area contributed by atoms with Crippen molar-refractivity contribution < 1.29 is 9.34 Å². The number of halogens is 1. The molecule has 0 saturated carbocycles. The second-order valence-electron chi connectivity index (χ2n) is 2.96. The van der Waals surface area contributed by atoms with Crippen LogP contribution in [0.25, 0.3) is 22.0 Å². The molecule has 0 saturated heterocycles. The highest BCUT2D eigenvalue weighted by Gasteiger charge is 2.15. The summed E-state index contributed by atoms with van der Waals surface area (Å²) in [7, 11) is 0. The first kappa shape index (κ1) is 11.8. The molecule has 10 heteroatoms. The van der Waals surface area contributed by atoms with Crippen LogP contribution in [0.15, 0.2) is 27.7 Å². The number of furan rings is 1. The van der Waals surface area contributed by atoms with E-state index in [1.807, 2.05) is 0 Å². The van der Waals surface area contributed by atoms with Crippen molar-refractivity contribution in [3.8, 4) is 11.6 Å². The van der Waals surface area contributed by atoms with Gasteiger partial charge in [-0.1, -0.05) is 11.6 Å². The molecule has 0 unspecified atom stereocenters. The molecule has 0 aromatic carbocycles. The molecule has 0 fully saturated rings. The third kappa shape index (κ3) is 2.37. The quantitative estimate of drug-likeness (QED) is 0.210. The summed E-state index contributed by atoms with van der Waals surface area (Å²) < 4.78 is 4.90. The normalized spacial score (nSPS) is 9.83. The maximum atomic E-state index is 10.5. The highest BCUT2D eigenvalue weighted by atomic mass is 35.5. The third-order valence-corrected chi connectivity index (χ3v) is 2.01. The zero-order valence-corrected chi connectivity index (χ0v) is 9.27. The minimum absolute atomic E-state index is 0.00185. The van der Waals surface area contributed by atoms with Gasteiger partial charge in [-0.3, -0.25) is 10.1 Å². The van der Waals surface area contributed by atoms with E-state index in [-0.39, 0.29) is 22.6 Å². The monoisotopic (exact) mass is 266 g/mol. The first-order valence-corrected chi connectivity index (χ1v) is 4.82.